The summed E-state index contributed by atoms with van der Waals surface area (Å²) in [6.07, 6.45) is 7.95. The van der Waals surface area contributed by atoms with Crippen LogP contribution in [0.5, 0.6) is 0 Å². The molecule has 0 spiro atoms. The maximum Gasteiger partial charge on any atom is 0.191 e. The number of guanidine groups is 1. The largest absolute Gasteiger partial charge is 0.356 e. The second-order valence-corrected chi connectivity index (χ2v) is 7.93. The van der Waals surface area contributed by atoms with Crippen LogP contribution in [0.2, 0.25) is 0 Å². The average molecular weight is 375 g/mol. The van der Waals surface area contributed by atoms with E-state index in [1.54, 1.807) is 0 Å². The number of hydrogen-bond acceptors (Lipinski definition) is 4. The van der Waals surface area contributed by atoms with E-state index in [0.29, 0.717) is 0 Å². The number of aliphatic imine (C=N–C) groups is 1. The summed E-state index contributed by atoms with van der Waals surface area (Å²) in [5, 5.41) is 15.6. The van der Waals surface area contributed by atoms with Crippen LogP contribution in [0.3, 0.4) is 0 Å². The summed E-state index contributed by atoms with van der Waals surface area (Å²) in [5.74, 6) is 3.17. The third-order valence-corrected chi connectivity index (χ3v) is 6.00. The minimum atomic E-state index is 0.821. The van der Waals surface area contributed by atoms with E-state index in [0.717, 1.165) is 57.1 Å². The summed E-state index contributed by atoms with van der Waals surface area (Å²) in [6, 6.07) is 4.40. The van der Waals surface area contributed by atoms with Crippen LogP contribution in [-0.4, -0.2) is 34.3 Å². The van der Waals surface area contributed by atoms with Crippen LogP contribution >= 0.6 is 11.3 Å². The molecule has 0 aliphatic carbocycles. The number of thiophene rings is 1. The van der Waals surface area contributed by atoms with E-state index < -0.39 is 0 Å². The fourth-order valence-electron chi connectivity index (χ4n) is 3.28. The lowest BCUT2D eigenvalue weighted by Crippen LogP contribution is -2.37. The van der Waals surface area contributed by atoms with Gasteiger partial charge < -0.3 is 15.2 Å². The van der Waals surface area contributed by atoms with Gasteiger partial charge in [0.25, 0.3) is 0 Å². The van der Waals surface area contributed by atoms with Gasteiger partial charge in [0, 0.05) is 42.7 Å². The molecule has 0 bridgehead atoms. The Balaban J connectivity index is 1.40. The molecule has 0 radical (unpaired) electrons. The van der Waals surface area contributed by atoms with E-state index in [1.165, 1.54) is 34.8 Å². The standard InChI is InChI=1S/C19H30N6S/c1-3-15-10-11-16(26-15)14-22-19(20-2)21-12-7-9-18-24-23-17-8-5-4-6-13-25(17)18/h10-11H,3-9,12-14H2,1-2H3,(H2,20,21,22). The highest BCUT2D eigenvalue weighted by molar-refractivity contribution is 7.11. The third kappa shape index (κ3) is 5.06. The number of nitrogens with zero attached hydrogens (tertiary/aromatic N) is 4. The normalized spacial score (nSPS) is 14.8. The van der Waals surface area contributed by atoms with Crippen molar-refractivity contribution in [1.29, 1.82) is 0 Å². The van der Waals surface area contributed by atoms with Crippen molar-refractivity contribution in [3.8, 4) is 0 Å². The Morgan fingerprint density at radius 2 is 2.08 bits per heavy atom. The SMILES string of the molecule is CCc1ccc(CNC(=NC)NCCCc2nnc3n2CCCCC3)s1. The van der Waals surface area contributed by atoms with E-state index in [1.807, 2.05) is 18.4 Å². The quantitative estimate of drug-likeness (QED) is 0.444. The van der Waals surface area contributed by atoms with Gasteiger partial charge in [0.15, 0.2) is 5.96 Å². The van der Waals surface area contributed by atoms with E-state index in [4.69, 9.17) is 0 Å². The molecule has 2 aromatic heterocycles. The van der Waals surface area contributed by atoms with Crippen molar-refractivity contribution in [2.45, 2.75) is 65.0 Å². The predicted molar refractivity (Wildman–Crippen MR) is 108 cm³/mol. The van der Waals surface area contributed by atoms with Gasteiger partial charge in [0.2, 0.25) is 0 Å². The zero-order chi connectivity index (χ0) is 18.2. The molecule has 6 nitrogen and oxygen atoms in total. The molecule has 0 amide bonds. The topological polar surface area (TPSA) is 67.1 Å². The number of fused-ring (bicyclic) bond motifs is 1. The molecular formula is C19H30N6S. The summed E-state index contributed by atoms with van der Waals surface area (Å²) >= 11 is 1.86. The number of aromatic nitrogens is 3. The number of aryl methyl sites for hydroxylation is 3. The Bertz CT molecular complexity index is 717. The highest BCUT2D eigenvalue weighted by Gasteiger charge is 2.14. The van der Waals surface area contributed by atoms with Crippen molar-refractivity contribution in [1.82, 2.24) is 25.4 Å². The van der Waals surface area contributed by atoms with Crippen LogP contribution in [0.25, 0.3) is 0 Å². The van der Waals surface area contributed by atoms with Crippen LogP contribution in [-0.2, 0) is 32.4 Å². The van der Waals surface area contributed by atoms with Gasteiger partial charge in [-0.1, -0.05) is 13.3 Å². The first kappa shape index (κ1) is 18.9. The molecule has 26 heavy (non-hydrogen) atoms. The maximum atomic E-state index is 4.40. The highest BCUT2D eigenvalue weighted by atomic mass is 32.1. The van der Waals surface area contributed by atoms with Gasteiger partial charge in [0.1, 0.15) is 11.6 Å². The molecule has 0 aromatic carbocycles. The third-order valence-electron chi connectivity index (χ3n) is 4.78. The lowest BCUT2D eigenvalue weighted by molar-refractivity contribution is 0.594. The molecule has 1 aliphatic heterocycles. The van der Waals surface area contributed by atoms with Crippen molar-refractivity contribution in [3.05, 3.63) is 33.5 Å². The van der Waals surface area contributed by atoms with Crippen LogP contribution in [0.15, 0.2) is 17.1 Å². The van der Waals surface area contributed by atoms with Crippen molar-refractivity contribution < 1.29 is 0 Å². The Morgan fingerprint density at radius 1 is 1.19 bits per heavy atom. The van der Waals surface area contributed by atoms with Crippen molar-refractivity contribution in [2.75, 3.05) is 13.6 Å². The van der Waals surface area contributed by atoms with Gasteiger partial charge >= 0.3 is 0 Å². The molecule has 2 aromatic rings. The highest BCUT2D eigenvalue weighted by Crippen LogP contribution is 2.16. The van der Waals surface area contributed by atoms with Gasteiger partial charge in [-0.2, -0.15) is 0 Å². The summed E-state index contributed by atoms with van der Waals surface area (Å²) in [4.78, 5) is 7.08. The van der Waals surface area contributed by atoms with Crippen molar-refractivity contribution in [3.63, 3.8) is 0 Å². The zero-order valence-electron chi connectivity index (χ0n) is 15.9. The molecule has 2 N–H and O–H groups in total. The van der Waals surface area contributed by atoms with Gasteiger partial charge in [-0.05, 0) is 37.8 Å². The smallest absolute Gasteiger partial charge is 0.191 e. The first-order valence-electron chi connectivity index (χ1n) is 9.73. The molecule has 0 saturated carbocycles. The predicted octanol–water partition coefficient (Wildman–Crippen LogP) is 2.93. The fraction of sp³-hybridized carbons (Fsp3) is 0.632. The molecule has 0 saturated heterocycles. The Morgan fingerprint density at radius 3 is 2.88 bits per heavy atom. The lowest BCUT2D eigenvalue weighted by atomic mass is 10.2. The van der Waals surface area contributed by atoms with Crippen molar-refractivity contribution in [2.24, 2.45) is 4.99 Å². The second kappa shape index (κ2) is 9.71. The summed E-state index contributed by atoms with van der Waals surface area (Å²) < 4.78 is 2.34. The van der Waals surface area contributed by atoms with Gasteiger partial charge in [0.05, 0.1) is 6.54 Å². The number of nitrogens with one attached hydrogen (secondary N) is 2. The molecule has 0 atom stereocenters. The molecule has 7 heteroatoms. The lowest BCUT2D eigenvalue weighted by Gasteiger charge is -2.11. The van der Waals surface area contributed by atoms with E-state index in [2.05, 4.69) is 49.4 Å². The zero-order valence-corrected chi connectivity index (χ0v) is 16.7. The fourth-order valence-corrected chi connectivity index (χ4v) is 4.18. The molecular weight excluding hydrogens is 344 g/mol. The van der Waals surface area contributed by atoms with Gasteiger partial charge in [-0.25, -0.2) is 0 Å². The Hall–Kier alpha value is -1.89. The minimum absolute atomic E-state index is 0.821. The van der Waals surface area contributed by atoms with E-state index in [-0.39, 0.29) is 0 Å². The van der Waals surface area contributed by atoms with E-state index >= 15 is 0 Å². The summed E-state index contributed by atoms with van der Waals surface area (Å²) in [6.45, 7) is 4.97. The summed E-state index contributed by atoms with van der Waals surface area (Å²) in [5.41, 5.74) is 0. The van der Waals surface area contributed by atoms with Crippen molar-refractivity contribution >= 4 is 17.3 Å². The Kier molecular flexibility index (Phi) is 7.05. The Labute approximate surface area is 160 Å². The molecule has 3 rings (SSSR count). The molecule has 1 aliphatic rings. The number of rotatable bonds is 7. The maximum absolute atomic E-state index is 4.40. The minimum Gasteiger partial charge on any atom is -0.356 e. The molecule has 3 heterocycles. The molecule has 142 valence electrons. The second-order valence-electron chi connectivity index (χ2n) is 6.67. The molecule has 0 fully saturated rings. The average Bonchev–Trinajstić information content (AvgIpc) is 3.21. The van der Waals surface area contributed by atoms with Crippen LogP contribution < -0.4 is 10.6 Å². The first-order valence-corrected chi connectivity index (χ1v) is 10.5. The number of hydrogen-bond donors (Lipinski definition) is 2. The first-order chi connectivity index (χ1) is 12.8. The molecule has 0 unspecified atom stereocenters. The monoisotopic (exact) mass is 374 g/mol. The summed E-state index contributed by atoms with van der Waals surface area (Å²) in [7, 11) is 1.82. The van der Waals surface area contributed by atoms with Gasteiger partial charge in [-0.3, -0.25) is 4.99 Å². The van der Waals surface area contributed by atoms with Crippen LogP contribution in [0, 0.1) is 0 Å². The van der Waals surface area contributed by atoms with Gasteiger partial charge in [-0.15, -0.1) is 21.5 Å². The van der Waals surface area contributed by atoms with Crippen LogP contribution in [0.1, 0.15) is 54.0 Å². The van der Waals surface area contributed by atoms with E-state index in [9.17, 15) is 0 Å². The van der Waals surface area contributed by atoms with Crippen LogP contribution in [0.4, 0.5) is 0 Å².